The van der Waals surface area contributed by atoms with Crippen molar-refractivity contribution in [1.82, 2.24) is 5.43 Å². The molecule has 1 fully saturated rings. The highest BCUT2D eigenvalue weighted by atomic mass is 32.2. The number of nitrogens with one attached hydrogen (secondary N) is 1. The number of anilines is 1. The molecule has 1 aromatic heterocycles. The largest absolute Gasteiger partial charge is 0.440 e. The van der Waals surface area contributed by atoms with Crippen molar-refractivity contribution in [2.75, 3.05) is 23.7 Å². The first-order chi connectivity index (χ1) is 12.2. The Kier molecular flexibility index (Phi) is 6.17. The number of hydrogen-bond donors (Lipinski definition) is 1. The standard InChI is InChI=1S/C19H23N3O2S/c1-15-7-3-4-8-17(15)25-14-18(23)21-20-13-16-9-10-19(24-16)22-11-5-2-6-12-22/h3-4,7-10,13H,2,5-6,11-12,14H2,1H3,(H,21,23)/b20-13+. The topological polar surface area (TPSA) is 57.8 Å². The first-order valence-corrected chi connectivity index (χ1v) is 9.56. The van der Waals surface area contributed by atoms with E-state index in [1.54, 1.807) is 6.21 Å². The van der Waals surface area contributed by atoms with Gasteiger partial charge in [-0.05, 0) is 43.9 Å². The molecule has 1 aromatic carbocycles. The van der Waals surface area contributed by atoms with Crippen LogP contribution in [-0.4, -0.2) is 31.0 Å². The molecule has 0 aliphatic carbocycles. The van der Waals surface area contributed by atoms with Gasteiger partial charge in [0.05, 0.1) is 12.0 Å². The Morgan fingerprint density at radius 2 is 2.04 bits per heavy atom. The van der Waals surface area contributed by atoms with Gasteiger partial charge >= 0.3 is 0 Å². The second-order valence-corrected chi connectivity index (χ2v) is 7.09. The number of hydrogen-bond acceptors (Lipinski definition) is 5. The summed E-state index contributed by atoms with van der Waals surface area (Å²) >= 11 is 1.51. The number of amides is 1. The van der Waals surface area contributed by atoms with E-state index in [1.165, 1.54) is 36.6 Å². The minimum atomic E-state index is -0.132. The summed E-state index contributed by atoms with van der Waals surface area (Å²) in [4.78, 5) is 15.2. The number of carbonyl (C=O) groups is 1. The second kappa shape index (κ2) is 8.76. The van der Waals surface area contributed by atoms with E-state index in [0.717, 1.165) is 23.9 Å². The van der Waals surface area contributed by atoms with Crippen molar-refractivity contribution in [3.8, 4) is 0 Å². The molecule has 1 aliphatic heterocycles. The molecule has 1 N–H and O–H groups in total. The van der Waals surface area contributed by atoms with Gasteiger partial charge in [0.2, 0.25) is 5.91 Å². The Morgan fingerprint density at radius 1 is 1.24 bits per heavy atom. The van der Waals surface area contributed by atoms with E-state index >= 15 is 0 Å². The first kappa shape index (κ1) is 17.6. The van der Waals surface area contributed by atoms with E-state index in [1.807, 2.05) is 43.3 Å². The molecular formula is C19H23N3O2S. The summed E-state index contributed by atoms with van der Waals surface area (Å²) in [7, 11) is 0. The van der Waals surface area contributed by atoms with Gasteiger partial charge in [0.15, 0.2) is 5.88 Å². The summed E-state index contributed by atoms with van der Waals surface area (Å²) in [6, 6.07) is 11.9. The van der Waals surface area contributed by atoms with Gasteiger partial charge in [0.25, 0.3) is 0 Å². The number of benzene rings is 1. The molecule has 0 unspecified atom stereocenters. The molecule has 6 heteroatoms. The van der Waals surface area contributed by atoms with Crippen LogP contribution in [0.2, 0.25) is 0 Å². The van der Waals surface area contributed by atoms with Gasteiger partial charge in [0, 0.05) is 24.1 Å². The van der Waals surface area contributed by atoms with Crippen LogP contribution in [-0.2, 0) is 4.79 Å². The normalized spacial score (nSPS) is 14.8. The first-order valence-electron chi connectivity index (χ1n) is 8.57. The fourth-order valence-corrected chi connectivity index (χ4v) is 3.58. The summed E-state index contributed by atoms with van der Waals surface area (Å²) in [5.41, 5.74) is 3.72. The number of nitrogens with zero attached hydrogens (tertiary/aromatic N) is 2. The number of furan rings is 1. The van der Waals surface area contributed by atoms with Gasteiger partial charge < -0.3 is 9.32 Å². The smallest absolute Gasteiger partial charge is 0.250 e. The average molecular weight is 357 g/mol. The molecule has 0 atom stereocenters. The zero-order chi connectivity index (χ0) is 17.5. The van der Waals surface area contributed by atoms with Crippen molar-refractivity contribution < 1.29 is 9.21 Å². The predicted octanol–water partition coefficient (Wildman–Crippen LogP) is 3.82. The fraction of sp³-hybridized carbons (Fsp3) is 0.368. The van der Waals surface area contributed by atoms with E-state index in [2.05, 4.69) is 15.4 Å². The molecule has 0 radical (unpaired) electrons. The van der Waals surface area contributed by atoms with Crippen LogP contribution in [0.4, 0.5) is 5.88 Å². The number of aryl methyl sites for hydroxylation is 1. The number of hydrazone groups is 1. The molecular weight excluding hydrogens is 334 g/mol. The van der Waals surface area contributed by atoms with Crippen molar-refractivity contribution in [2.24, 2.45) is 5.10 Å². The summed E-state index contributed by atoms with van der Waals surface area (Å²) < 4.78 is 5.77. The molecule has 0 saturated carbocycles. The van der Waals surface area contributed by atoms with E-state index in [0.29, 0.717) is 11.5 Å². The van der Waals surface area contributed by atoms with Crippen LogP contribution < -0.4 is 10.3 Å². The lowest BCUT2D eigenvalue weighted by molar-refractivity contribution is -0.118. The fourth-order valence-electron chi connectivity index (χ4n) is 2.76. The van der Waals surface area contributed by atoms with Crippen LogP contribution in [0.25, 0.3) is 0 Å². The van der Waals surface area contributed by atoms with Gasteiger partial charge in [-0.25, -0.2) is 5.43 Å². The lowest BCUT2D eigenvalue weighted by Gasteiger charge is -2.25. The third-order valence-electron chi connectivity index (χ3n) is 4.11. The zero-order valence-corrected chi connectivity index (χ0v) is 15.2. The highest BCUT2D eigenvalue weighted by molar-refractivity contribution is 8.00. The van der Waals surface area contributed by atoms with Crippen molar-refractivity contribution in [3.05, 3.63) is 47.7 Å². The van der Waals surface area contributed by atoms with Crippen molar-refractivity contribution in [2.45, 2.75) is 31.1 Å². The van der Waals surface area contributed by atoms with Gasteiger partial charge in [-0.1, -0.05) is 18.2 Å². The summed E-state index contributed by atoms with van der Waals surface area (Å²) in [6.45, 7) is 4.11. The highest BCUT2D eigenvalue weighted by Gasteiger charge is 2.13. The van der Waals surface area contributed by atoms with Crippen LogP contribution >= 0.6 is 11.8 Å². The average Bonchev–Trinajstić information content (AvgIpc) is 3.11. The van der Waals surface area contributed by atoms with Crippen LogP contribution in [0.1, 0.15) is 30.6 Å². The van der Waals surface area contributed by atoms with Crippen LogP contribution in [0, 0.1) is 6.92 Å². The number of rotatable bonds is 6. The van der Waals surface area contributed by atoms with E-state index in [4.69, 9.17) is 4.42 Å². The molecule has 1 aliphatic rings. The Balaban J connectivity index is 1.45. The Bertz CT molecular complexity index is 736. The van der Waals surface area contributed by atoms with E-state index in [-0.39, 0.29) is 5.91 Å². The molecule has 1 saturated heterocycles. The summed E-state index contributed by atoms with van der Waals surface area (Å²) in [5, 5.41) is 3.98. The molecule has 132 valence electrons. The lowest BCUT2D eigenvalue weighted by atomic mass is 10.1. The van der Waals surface area contributed by atoms with Crippen LogP contribution in [0.15, 0.2) is 50.8 Å². The molecule has 2 heterocycles. The minimum Gasteiger partial charge on any atom is -0.440 e. The maximum absolute atomic E-state index is 11.9. The van der Waals surface area contributed by atoms with Gasteiger partial charge in [-0.3, -0.25) is 4.79 Å². The predicted molar refractivity (Wildman–Crippen MR) is 102 cm³/mol. The lowest BCUT2D eigenvalue weighted by Crippen LogP contribution is -2.28. The Labute approximate surface area is 152 Å². The minimum absolute atomic E-state index is 0.132. The van der Waals surface area contributed by atoms with E-state index in [9.17, 15) is 4.79 Å². The van der Waals surface area contributed by atoms with Crippen molar-refractivity contribution in [3.63, 3.8) is 0 Å². The monoisotopic (exact) mass is 357 g/mol. The molecule has 0 spiro atoms. The molecule has 5 nitrogen and oxygen atoms in total. The van der Waals surface area contributed by atoms with Gasteiger partial charge in [-0.2, -0.15) is 5.10 Å². The van der Waals surface area contributed by atoms with Gasteiger partial charge in [0.1, 0.15) is 5.76 Å². The Morgan fingerprint density at radius 3 is 2.84 bits per heavy atom. The zero-order valence-electron chi connectivity index (χ0n) is 14.4. The Hall–Kier alpha value is -2.21. The summed E-state index contributed by atoms with van der Waals surface area (Å²) in [6.07, 6.45) is 5.25. The molecule has 3 rings (SSSR count). The maximum atomic E-state index is 11.9. The third-order valence-corrected chi connectivity index (χ3v) is 5.29. The van der Waals surface area contributed by atoms with Crippen molar-refractivity contribution in [1.29, 1.82) is 0 Å². The second-order valence-electron chi connectivity index (χ2n) is 6.07. The van der Waals surface area contributed by atoms with Crippen LogP contribution in [0.3, 0.4) is 0 Å². The van der Waals surface area contributed by atoms with E-state index < -0.39 is 0 Å². The molecule has 2 aromatic rings. The van der Waals surface area contributed by atoms with Crippen molar-refractivity contribution >= 4 is 29.8 Å². The third kappa shape index (κ3) is 5.13. The maximum Gasteiger partial charge on any atom is 0.250 e. The van der Waals surface area contributed by atoms with Crippen LogP contribution in [0.5, 0.6) is 0 Å². The molecule has 0 bridgehead atoms. The number of piperidine rings is 1. The van der Waals surface area contributed by atoms with Gasteiger partial charge in [-0.15, -0.1) is 11.8 Å². The summed E-state index contributed by atoms with van der Waals surface area (Å²) in [5.74, 6) is 1.72. The number of thioether (sulfide) groups is 1. The SMILES string of the molecule is Cc1ccccc1SCC(=O)N/N=C/c1ccc(N2CCCCC2)o1. The number of carbonyl (C=O) groups excluding carboxylic acids is 1. The molecule has 1 amide bonds. The molecule has 25 heavy (non-hydrogen) atoms. The quantitative estimate of drug-likeness (QED) is 0.485. The highest BCUT2D eigenvalue weighted by Crippen LogP contribution is 2.22.